The number of benzene rings is 2. The Balaban J connectivity index is 1.65. The van der Waals surface area contributed by atoms with Gasteiger partial charge < -0.3 is 4.74 Å². The summed E-state index contributed by atoms with van der Waals surface area (Å²) in [6.07, 6.45) is 2.76. The Hall–Kier alpha value is -2.71. The van der Waals surface area contributed by atoms with Crippen LogP contribution in [0.15, 0.2) is 58.5 Å². The van der Waals surface area contributed by atoms with Gasteiger partial charge in [0.15, 0.2) is 0 Å². The average molecular weight is 416 g/mol. The van der Waals surface area contributed by atoms with Crippen molar-refractivity contribution in [3.8, 4) is 5.75 Å². The number of ether oxygens (including phenoxy) is 1. The third-order valence-electron chi connectivity index (χ3n) is 4.93. The molecule has 1 heterocycles. The smallest absolute Gasteiger partial charge is 0.244 e. The van der Waals surface area contributed by atoms with E-state index in [1.54, 1.807) is 37.4 Å². The molecule has 0 aromatic heterocycles. The molecule has 1 N–H and O–H groups in total. The van der Waals surface area contributed by atoms with Crippen LogP contribution in [0.25, 0.3) is 0 Å². The lowest BCUT2D eigenvalue weighted by atomic mass is 9.99. The molecule has 1 aliphatic heterocycles. The van der Waals surface area contributed by atoms with Gasteiger partial charge in [-0.1, -0.05) is 29.8 Å². The molecule has 3 rings (SSSR count). The number of amides is 1. The van der Waals surface area contributed by atoms with Gasteiger partial charge in [0, 0.05) is 18.7 Å². The van der Waals surface area contributed by atoms with Crippen molar-refractivity contribution >= 4 is 22.1 Å². The second kappa shape index (κ2) is 9.19. The maximum absolute atomic E-state index is 12.9. The molecule has 1 saturated heterocycles. The normalized spacial score (nSPS) is 17.9. The number of sulfonamides is 1. The Morgan fingerprint density at radius 3 is 2.66 bits per heavy atom. The van der Waals surface area contributed by atoms with Gasteiger partial charge in [0.2, 0.25) is 15.9 Å². The van der Waals surface area contributed by atoms with Crippen molar-refractivity contribution in [2.75, 3.05) is 20.2 Å². The van der Waals surface area contributed by atoms with E-state index in [0.29, 0.717) is 25.1 Å². The predicted molar refractivity (Wildman–Crippen MR) is 111 cm³/mol. The highest BCUT2D eigenvalue weighted by Gasteiger charge is 2.33. The molecule has 1 aliphatic rings. The van der Waals surface area contributed by atoms with Crippen molar-refractivity contribution < 1.29 is 17.9 Å². The molecule has 0 bridgehead atoms. The summed E-state index contributed by atoms with van der Waals surface area (Å²) in [5.41, 5.74) is 4.26. The summed E-state index contributed by atoms with van der Waals surface area (Å²) in [6, 6.07) is 14.1. The third-order valence-corrected chi connectivity index (χ3v) is 6.81. The number of para-hydroxylation sites is 1. The van der Waals surface area contributed by atoms with Gasteiger partial charge in [0.25, 0.3) is 0 Å². The van der Waals surface area contributed by atoms with Gasteiger partial charge in [-0.2, -0.15) is 9.41 Å². The highest BCUT2D eigenvalue weighted by Crippen LogP contribution is 2.24. The quantitative estimate of drug-likeness (QED) is 0.580. The molecule has 154 valence electrons. The van der Waals surface area contributed by atoms with Gasteiger partial charge in [-0.15, -0.1) is 0 Å². The molecule has 8 heteroatoms. The number of carbonyl (C=O) groups is 1. The van der Waals surface area contributed by atoms with Crippen LogP contribution in [0.5, 0.6) is 5.75 Å². The van der Waals surface area contributed by atoms with Crippen LogP contribution in [0.2, 0.25) is 0 Å². The molecule has 2 aromatic rings. The summed E-state index contributed by atoms with van der Waals surface area (Å²) in [7, 11) is -2.05. The Morgan fingerprint density at radius 2 is 1.93 bits per heavy atom. The molecule has 1 atom stereocenters. The fourth-order valence-corrected chi connectivity index (χ4v) is 4.79. The molecule has 2 aromatic carbocycles. The molecule has 0 saturated carbocycles. The molecule has 1 amide bonds. The SMILES string of the molecule is COc1ccccc1/C=N\NC(=O)[C@@H]1CCCN(S(=O)(=O)c2ccc(C)cc2)C1. The lowest BCUT2D eigenvalue weighted by Crippen LogP contribution is -2.44. The van der Waals surface area contributed by atoms with E-state index in [-0.39, 0.29) is 17.3 Å². The molecule has 29 heavy (non-hydrogen) atoms. The predicted octanol–water partition coefficient (Wildman–Crippen LogP) is 2.55. The summed E-state index contributed by atoms with van der Waals surface area (Å²) < 4.78 is 32.4. The lowest BCUT2D eigenvalue weighted by molar-refractivity contribution is -0.126. The van der Waals surface area contributed by atoms with Crippen LogP contribution >= 0.6 is 0 Å². The van der Waals surface area contributed by atoms with Gasteiger partial charge in [0.05, 0.1) is 24.1 Å². The van der Waals surface area contributed by atoms with Crippen LogP contribution in [0, 0.1) is 12.8 Å². The first-order valence-electron chi connectivity index (χ1n) is 9.44. The van der Waals surface area contributed by atoms with Crippen molar-refractivity contribution in [1.29, 1.82) is 0 Å². The minimum Gasteiger partial charge on any atom is -0.496 e. The van der Waals surface area contributed by atoms with E-state index < -0.39 is 15.9 Å². The van der Waals surface area contributed by atoms with Crippen LogP contribution in [-0.2, 0) is 14.8 Å². The molecule has 0 aliphatic carbocycles. The van der Waals surface area contributed by atoms with E-state index in [9.17, 15) is 13.2 Å². The maximum atomic E-state index is 12.9. The number of hydrogen-bond acceptors (Lipinski definition) is 5. The zero-order chi connectivity index (χ0) is 20.9. The number of hydrogen-bond donors (Lipinski definition) is 1. The standard InChI is InChI=1S/C21H25N3O4S/c1-16-9-11-19(12-10-16)29(26,27)24-13-5-7-18(15-24)21(25)23-22-14-17-6-3-4-8-20(17)28-2/h3-4,6,8-12,14,18H,5,7,13,15H2,1-2H3,(H,23,25)/b22-14-/t18-/m1/s1. The molecule has 0 spiro atoms. The summed E-state index contributed by atoms with van der Waals surface area (Å²) in [5, 5.41) is 4.01. The fraction of sp³-hybridized carbons (Fsp3) is 0.333. The first-order chi connectivity index (χ1) is 13.9. The van der Waals surface area contributed by atoms with Gasteiger partial charge in [-0.3, -0.25) is 4.79 Å². The van der Waals surface area contributed by atoms with Gasteiger partial charge in [-0.25, -0.2) is 13.8 Å². The zero-order valence-corrected chi connectivity index (χ0v) is 17.4. The number of piperidine rings is 1. The summed E-state index contributed by atoms with van der Waals surface area (Å²) >= 11 is 0. The third kappa shape index (κ3) is 5.02. The minimum absolute atomic E-state index is 0.145. The summed E-state index contributed by atoms with van der Waals surface area (Å²) in [5.74, 6) is -0.0859. The van der Waals surface area contributed by atoms with Crippen molar-refractivity contribution in [1.82, 2.24) is 9.73 Å². The van der Waals surface area contributed by atoms with Crippen LogP contribution < -0.4 is 10.2 Å². The van der Waals surface area contributed by atoms with E-state index in [1.807, 2.05) is 25.1 Å². The highest BCUT2D eigenvalue weighted by atomic mass is 32.2. The van der Waals surface area contributed by atoms with E-state index in [4.69, 9.17) is 4.74 Å². The van der Waals surface area contributed by atoms with E-state index in [2.05, 4.69) is 10.5 Å². The lowest BCUT2D eigenvalue weighted by Gasteiger charge is -2.30. The minimum atomic E-state index is -3.62. The number of nitrogens with one attached hydrogen (secondary N) is 1. The summed E-state index contributed by atoms with van der Waals surface area (Å²) in [4.78, 5) is 12.8. The fourth-order valence-electron chi connectivity index (χ4n) is 3.26. The zero-order valence-electron chi connectivity index (χ0n) is 16.5. The number of hydrazone groups is 1. The van der Waals surface area contributed by atoms with E-state index in [1.165, 1.54) is 10.5 Å². The number of rotatable bonds is 6. The van der Waals surface area contributed by atoms with E-state index in [0.717, 1.165) is 11.1 Å². The second-order valence-electron chi connectivity index (χ2n) is 6.99. The molecule has 1 fully saturated rings. The Labute approximate surface area is 171 Å². The second-order valence-corrected chi connectivity index (χ2v) is 8.93. The Kier molecular flexibility index (Phi) is 6.66. The topological polar surface area (TPSA) is 88.1 Å². The van der Waals surface area contributed by atoms with Crippen LogP contribution in [0.3, 0.4) is 0 Å². The molecular weight excluding hydrogens is 390 g/mol. The molecular formula is C21H25N3O4S. The number of nitrogens with zero attached hydrogens (tertiary/aromatic N) is 2. The van der Waals surface area contributed by atoms with Gasteiger partial charge >= 0.3 is 0 Å². The van der Waals surface area contributed by atoms with E-state index >= 15 is 0 Å². The van der Waals surface area contributed by atoms with Crippen LogP contribution in [-0.4, -0.2) is 45.0 Å². The van der Waals surface area contributed by atoms with Crippen molar-refractivity contribution in [2.24, 2.45) is 11.0 Å². The highest BCUT2D eigenvalue weighted by molar-refractivity contribution is 7.89. The first-order valence-corrected chi connectivity index (χ1v) is 10.9. The molecule has 0 radical (unpaired) electrons. The first kappa shape index (κ1) is 21.0. The Bertz CT molecular complexity index is 987. The Morgan fingerprint density at radius 1 is 1.21 bits per heavy atom. The average Bonchev–Trinajstić information content (AvgIpc) is 2.74. The van der Waals surface area contributed by atoms with Crippen molar-refractivity contribution in [3.05, 3.63) is 59.7 Å². The van der Waals surface area contributed by atoms with Gasteiger partial charge in [-0.05, 0) is 44.0 Å². The van der Waals surface area contributed by atoms with Crippen molar-refractivity contribution in [3.63, 3.8) is 0 Å². The number of carbonyl (C=O) groups excluding carboxylic acids is 1. The largest absolute Gasteiger partial charge is 0.496 e. The monoisotopic (exact) mass is 415 g/mol. The molecule has 0 unspecified atom stereocenters. The van der Waals surface area contributed by atoms with Crippen LogP contribution in [0.4, 0.5) is 0 Å². The van der Waals surface area contributed by atoms with Crippen LogP contribution in [0.1, 0.15) is 24.0 Å². The summed E-state index contributed by atoms with van der Waals surface area (Å²) in [6.45, 7) is 2.46. The number of aryl methyl sites for hydroxylation is 1. The van der Waals surface area contributed by atoms with Gasteiger partial charge in [0.1, 0.15) is 5.75 Å². The van der Waals surface area contributed by atoms with Crippen molar-refractivity contribution in [2.45, 2.75) is 24.7 Å². The number of methoxy groups -OCH3 is 1. The maximum Gasteiger partial charge on any atom is 0.244 e. The molecule has 7 nitrogen and oxygen atoms in total.